The average molecular weight is 318 g/mol. The first-order valence-electron chi connectivity index (χ1n) is 7.17. The van der Waals surface area contributed by atoms with Gasteiger partial charge in [-0.1, -0.05) is 13.0 Å². The summed E-state index contributed by atoms with van der Waals surface area (Å²) in [5, 5.41) is 3.31. The Labute approximate surface area is 128 Å². The van der Waals surface area contributed by atoms with Crippen LogP contribution >= 0.6 is 11.8 Å². The number of hydrogen-bond acceptors (Lipinski definition) is 3. The second-order valence-corrected chi connectivity index (χ2v) is 6.63. The molecule has 2 nitrogen and oxygen atoms in total. The second kappa shape index (κ2) is 6.92. The first-order chi connectivity index (χ1) is 9.95. The summed E-state index contributed by atoms with van der Waals surface area (Å²) in [5.41, 5.74) is 0.463. The number of nitrogens with zero attached hydrogens (tertiary/aromatic N) is 1. The molecule has 0 aliphatic carbocycles. The van der Waals surface area contributed by atoms with Crippen molar-refractivity contribution in [1.82, 2.24) is 5.32 Å². The number of rotatable bonds is 4. The molecule has 1 unspecified atom stereocenters. The van der Waals surface area contributed by atoms with Crippen LogP contribution in [0.15, 0.2) is 18.2 Å². The van der Waals surface area contributed by atoms with E-state index in [1.807, 2.05) is 16.7 Å². The summed E-state index contributed by atoms with van der Waals surface area (Å²) in [6.45, 7) is 3.89. The molecule has 1 saturated heterocycles. The highest BCUT2D eigenvalue weighted by molar-refractivity contribution is 8.00. The Balaban J connectivity index is 2.33. The third-order valence-corrected chi connectivity index (χ3v) is 5.05. The molecular weight excluding hydrogens is 297 g/mol. The zero-order valence-electron chi connectivity index (χ0n) is 12.3. The van der Waals surface area contributed by atoms with E-state index in [2.05, 4.69) is 12.2 Å². The smallest absolute Gasteiger partial charge is 0.369 e. The topological polar surface area (TPSA) is 15.3 Å². The Hall–Kier alpha value is -0.880. The van der Waals surface area contributed by atoms with E-state index in [9.17, 15) is 13.2 Å². The Morgan fingerprint density at radius 3 is 2.76 bits per heavy atom. The maximum absolute atomic E-state index is 13.4. The minimum Gasteiger partial charge on any atom is -0.369 e. The lowest BCUT2D eigenvalue weighted by Crippen LogP contribution is -2.38. The van der Waals surface area contributed by atoms with Crippen molar-refractivity contribution in [3.8, 4) is 0 Å². The molecule has 0 spiro atoms. The molecule has 1 atom stereocenters. The van der Waals surface area contributed by atoms with Crippen LogP contribution in [-0.4, -0.2) is 31.1 Å². The van der Waals surface area contributed by atoms with Crippen molar-refractivity contribution in [2.45, 2.75) is 31.3 Å². The first kappa shape index (κ1) is 16.5. The molecule has 1 N–H and O–H groups in total. The van der Waals surface area contributed by atoms with Gasteiger partial charge in [-0.25, -0.2) is 0 Å². The largest absolute Gasteiger partial charge is 0.418 e. The molecule has 0 aromatic heterocycles. The van der Waals surface area contributed by atoms with Crippen molar-refractivity contribution in [2.75, 3.05) is 30.8 Å². The van der Waals surface area contributed by atoms with Gasteiger partial charge in [0.1, 0.15) is 0 Å². The number of alkyl halides is 3. The minimum atomic E-state index is -4.31. The molecule has 0 radical (unpaired) electrons. The predicted molar refractivity (Wildman–Crippen MR) is 83.0 cm³/mol. The van der Waals surface area contributed by atoms with E-state index in [1.54, 1.807) is 19.2 Å². The average Bonchev–Trinajstić information content (AvgIpc) is 2.47. The maximum Gasteiger partial charge on any atom is 0.418 e. The monoisotopic (exact) mass is 318 g/mol. The zero-order valence-corrected chi connectivity index (χ0v) is 13.2. The fourth-order valence-corrected chi connectivity index (χ4v) is 3.77. The molecule has 1 fully saturated rings. The standard InChI is InChI=1S/C15H21F3N2S/c1-3-12-10-20(6-7-21-12)14-5-4-11(9-19-2)8-13(14)15(16,17)18/h4-5,8,12,19H,3,6-7,9-10H2,1-2H3. The Morgan fingerprint density at radius 2 is 2.14 bits per heavy atom. The molecule has 1 aromatic carbocycles. The molecule has 6 heteroatoms. The van der Waals surface area contributed by atoms with Gasteiger partial charge in [-0.05, 0) is 31.2 Å². The predicted octanol–water partition coefficient (Wildman–Crippen LogP) is 3.76. The summed E-state index contributed by atoms with van der Waals surface area (Å²) in [5.74, 6) is 0.883. The van der Waals surface area contributed by atoms with Crippen molar-refractivity contribution >= 4 is 17.4 Å². The SMILES string of the molecule is CCC1CN(c2ccc(CNC)cc2C(F)(F)F)CCS1. The maximum atomic E-state index is 13.4. The van der Waals surface area contributed by atoms with Crippen molar-refractivity contribution in [3.05, 3.63) is 29.3 Å². The van der Waals surface area contributed by atoms with Crippen molar-refractivity contribution in [1.29, 1.82) is 0 Å². The zero-order chi connectivity index (χ0) is 15.5. The van der Waals surface area contributed by atoms with Gasteiger partial charge in [0.15, 0.2) is 0 Å². The number of benzene rings is 1. The van der Waals surface area contributed by atoms with Crippen LogP contribution < -0.4 is 10.2 Å². The molecule has 21 heavy (non-hydrogen) atoms. The third-order valence-electron chi connectivity index (χ3n) is 3.68. The number of nitrogens with one attached hydrogen (secondary N) is 1. The molecule has 2 rings (SSSR count). The van der Waals surface area contributed by atoms with Gasteiger partial charge in [0, 0.05) is 36.3 Å². The lowest BCUT2D eigenvalue weighted by atomic mass is 10.1. The van der Waals surface area contributed by atoms with Gasteiger partial charge < -0.3 is 10.2 Å². The van der Waals surface area contributed by atoms with Gasteiger partial charge in [0.25, 0.3) is 0 Å². The molecule has 118 valence electrons. The van der Waals surface area contributed by atoms with Crippen molar-refractivity contribution < 1.29 is 13.2 Å². The van der Waals surface area contributed by atoms with Gasteiger partial charge >= 0.3 is 6.18 Å². The van der Waals surface area contributed by atoms with Crippen LogP contribution in [0.2, 0.25) is 0 Å². The fraction of sp³-hybridized carbons (Fsp3) is 0.600. The van der Waals surface area contributed by atoms with Gasteiger partial charge in [0.05, 0.1) is 5.56 Å². The van der Waals surface area contributed by atoms with Crippen LogP contribution in [0.4, 0.5) is 18.9 Å². The van der Waals surface area contributed by atoms with E-state index < -0.39 is 11.7 Å². The van der Waals surface area contributed by atoms with E-state index in [-0.39, 0.29) is 0 Å². The summed E-state index contributed by atoms with van der Waals surface area (Å²) in [6, 6.07) is 4.68. The molecule has 1 aliphatic heterocycles. The Bertz CT molecular complexity index is 476. The van der Waals surface area contributed by atoms with E-state index in [4.69, 9.17) is 0 Å². The third kappa shape index (κ3) is 4.07. The highest BCUT2D eigenvalue weighted by atomic mass is 32.2. The second-order valence-electron chi connectivity index (χ2n) is 5.23. The first-order valence-corrected chi connectivity index (χ1v) is 8.21. The number of halogens is 3. The van der Waals surface area contributed by atoms with E-state index in [1.165, 1.54) is 6.07 Å². The lowest BCUT2D eigenvalue weighted by molar-refractivity contribution is -0.137. The van der Waals surface area contributed by atoms with Gasteiger partial charge in [-0.3, -0.25) is 0 Å². The molecule has 0 bridgehead atoms. The van der Waals surface area contributed by atoms with Crippen LogP contribution in [0.1, 0.15) is 24.5 Å². The van der Waals surface area contributed by atoms with Gasteiger partial charge in [0.2, 0.25) is 0 Å². The number of thioether (sulfide) groups is 1. The van der Waals surface area contributed by atoms with Crippen LogP contribution in [0.25, 0.3) is 0 Å². The highest BCUT2D eigenvalue weighted by Crippen LogP contribution is 2.38. The summed E-state index contributed by atoms with van der Waals surface area (Å²) < 4.78 is 40.1. The normalized spacial score (nSPS) is 19.9. The molecule has 1 aliphatic rings. The van der Waals surface area contributed by atoms with Crippen LogP contribution in [0.5, 0.6) is 0 Å². The van der Waals surface area contributed by atoms with Crippen molar-refractivity contribution in [2.24, 2.45) is 0 Å². The molecule has 0 saturated carbocycles. The van der Waals surface area contributed by atoms with Crippen LogP contribution in [0.3, 0.4) is 0 Å². The molecule has 1 aromatic rings. The van der Waals surface area contributed by atoms with Crippen LogP contribution in [-0.2, 0) is 12.7 Å². The highest BCUT2D eigenvalue weighted by Gasteiger charge is 2.36. The van der Waals surface area contributed by atoms with Crippen molar-refractivity contribution in [3.63, 3.8) is 0 Å². The van der Waals surface area contributed by atoms with E-state index in [0.717, 1.165) is 12.2 Å². The number of hydrogen-bond donors (Lipinski definition) is 1. The van der Waals surface area contributed by atoms with Crippen LogP contribution in [0, 0.1) is 0 Å². The summed E-state index contributed by atoms with van der Waals surface area (Å²) in [7, 11) is 1.73. The minimum absolute atomic E-state index is 0.320. The van der Waals surface area contributed by atoms with Gasteiger partial charge in [-0.2, -0.15) is 24.9 Å². The van der Waals surface area contributed by atoms with E-state index >= 15 is 0 Å². The molecular formula is C15H21F3N2S. The number of anilines is 1. The lowest BCUT2D eigenvalue weighted by Gasteiger charge is -2.35. The summed E-state index contributed by atoms with van der Waals surface area (Å²) in [6.07, 6.45) is -3.33. The quantitative estimate of drug-likeness (QED) is 0.910. The summed E-state index contributed by atoms with van der Waals surface area (Å²) >= 11 is 1.85. The Morgan fingerprint density at radius 1 is 1.38 bits per heavy atom. The van der Waals surface area contributed by atoms with Gasteiger partial charge in [-0.15, -0.1) is 0 Å². The summed E-state index contributed by atoms with van der Waals surface area (Å²) in [4.78, 5) is 1.89. The Kier molecular flexibility index (Phi) is 5.43. The fourth-order valence-electron chi connectivity index (χ4n) is 2.59. The molecule has 0 amide bonds. The molecule has 1 heterocycles. The van der Waals surface area contributed by atoms with E-state index in [0.29, 0.717) is 36.1 Å².